The molecule has 1 atom stereocenters. The summed E-state index contributed by atoms with van der Waals surface area (Å²) in [5.74, 6) is -0.381. The average molecular weight is 441 g/mol. The molecule has 1 saturated carbocycles. The lowest BCUT2D eigenvalue weighted by molar-refractivity contribution is -0.142. The number of rotatable bonds is 8. The van der Waals surface area contributed by atoms with Crippen molar-refractivity contribution < 1.29 is 18.7 Å². The number of ether oxygens (including phenoxy) is 1. The van der Waals surface area contributed by atoms with E-state index in [4.69, 9.17) is 4.74 Å². The van der Waals surface area contributed by atoms with Crippen molar-refractivity contribution in [3.63, 3.8) is 0 Å². The second-order valence-electron chi connectivity index (χ2n) is 8.74. The van der Waals surface area contributed by atoms with E-state index in [-0.39, 0.29) is 31.0 Å². The van der Waals surface area contributed by atoms with E-state index in [1.165, 1.54) is 17.4 Å². The zero-order valence-electron chi connectivity index (χ0n) is 19.2. The summed E-state index contributed by atoms with van der Waals surface area (Å²) in [6.45, 7) is 5.39. The molecule has 1 aliphatic rings. The average Bonchev–Trinajstić information content (AvgIpc) is 2.76. The fourth-order valence-electron chi connectivity index (χ4n) is 4.21. The van der Waals surface area contributed by atoms with E-state index in [1.54, 1.807) is 25.1 Å². The number of halogens is 1. The van der Waals surface area contributed by atoms with Crippen molar-refractivity contribution in [2.24, 2.45) is 0 Å². The van der Waals surface area contributed by atoms with Crippen molar-refractivity contribution in [1.82, 2.24) is 10.2 Å². The SMILES string of the molecule is Cc1cc(C)cc(OCC(=O)N(Cc2ccccc2F)[C@@H](C)C(=O)NC2CCCCC2)c1. The molecule has 0 aliphatic heterocycles. The van der Waals surface area contributed by atoms with Crippen molar-refractivity contribution in [2.75, 3.05) is 6.61 Å². The number of carbonyl (C=O) groups is 2. The minimum absolute atomic E-state index is 0.000958. The molecule has 0 bridgehead atoms. The van der Waals surface area contributed by atoms with Crippen LogP contribution in [0.1, 0.15) is 55.7 Å². The van der Waals surface area contributed by atoms with E-state index in [0.29, 0.717) is 11.3 Å². The Labute approximate surface area is 190 Å². The Morgan fingerprint density at radius 3 is 2.41 bits per heavy atom. The topological polar surface area (TPSA) is 58.6 Å². The van der Waals surface area contributed by atoms with Crippen LogP contribution in [0.25, 0.3) is 0 Å². The highest BCUT2D eigenvalue weighted by atomic mass is 19.1. The summed E-state index contributed by atoms with van der Waals surface area (Å²) in [7, 11) is 0. The Morgan fingerprint density at radius 2 is 1.75 bits per heavy atom. The van der Waals surface area contributed by atoms with Gasteiger partial charge in [-0.2, -0.15) is 0 Å². The fraction of sp³-hybridized carbons (Fsp3) is 0.462. The monoisotopic (exact) mass is 440 g/mol. The number of nitrogens with zero attached hydrogens (tertiary/aromatic N) is 1. The fourth-order valence-corrected chi connectivity index (χ4v) is 4.21. The van der Waals surface area contributed by atoms with Gasteiger partial charge in [0.05, 0.1) is 0 Å². The van der Waals surface area contributed by atoms with Gasteiger partial charge in [0.2, 0.25) is 5.91 Å². The van der Waals surface area contributed by atoms with Crippen molar-refractivity contribution in [3.8, 4) is 5.75 Å². The summed E-state index contributed by atoms with van der Waals surface area (Å²) >= 11 is 0. The second kappa shape index (κ2) is 11.1. The molecular formula is C26H33FN2O3. The quantitative estimate of drug-likeness (QED) is 0.648. The Morgan fingerprint density at radius 1 is 1.09 bits per heavy atom. The van der Waals surface area contributed by atoms with Crippen LogP contribution in [0.2, 0.25) is 0 Å². The normalized spacial score (nSPS) is 15.1. The van der Waals surface area contributed by atoms with E-state index in [2.05, 4.69) is 5.32 Å². The molecule has 0 heterocycles. The maximum absolute atomic E-state index is 14.3. The number of benzene rings is 2. The van der Waals surface area contributed by atoms with Gasteiger partial charge in [-0.15, -0.1) is 0 Å². The number of nitrogens with one attached hydrogen (secondary N) is 1. The molecule has 2 amide bonds. The first-order valence-electron chi connectivity index (χ1n) is 11.4. The molecule has 172 valence electrons. The molecule has 5 nitrogen and oxygen atoms in total. The number of hydrogen-bond acceptors (Lipinski definition) is 3. The maximum Gasteiger partial charge on any atom is 0.261 e. The first-order chi connectivity index (χ1) is 15.3. The van der Waals surface area contributed by atoms with E-state index in [0.717, 1.165) is 36.8 Å². The van der Waals surface area contributed by atoms with Gasteiger partial charge in [0.15, 0.2) is 6.61 Å². The van der Waals surface area contributed by atoms with Gasteiger partial charge in [0.1, 0.15) is 17.6 Å². The standard InChI is InChI=1S/C26H33FN2O3/c1-18-13-19(2)15-23(14-18)32-17-25(30)29(16-21-9-7-8-12-24(21)27)20(3)26(31)28-22-10-5-4-6-11-22/h7-9,12-15,20,22H,4-6,10-11,16-17H2,1-3H3,(H,28,31)/t20-/m0/s1. The Hall–Kier alpha value is -2.89. The number of aryl methyl sites for hydroxylation is 2. The summed E-state index contributed by atoms with van der Waals surface area (Å²) in [4.78, 5) is 27.5. The van der Waals surface area contributed by atoms with Crippen LogP contribution in [-0.2, 0) is 16.1 Å². The third-order valence-corrected chi connectivity index (χ3v) is 5.97. The lowest BCUT2D eigenvalue weighted by Crippen LogP contribution is -2.51. The lowest BCUT2D eigenvalue weighted by atomic mass is 9.95. The highest BCUT2D eigenvalue weighted by molar-refractivity contribution is 5.88. The van der Waals surface area contributed by atoms with Gasteiger partial charge in [0, 0.05) is 18.2 Å². The lowest BCUT2D eigenvalue weighted by Gasteiger charge is -2.31. The summed E-state index contributed by atoms with van der Waals surface area (Å²) < 4.78 is 20.1. The summed E-state index contributed by atoms with van der Waals surface area (Å²) in [6.07, 6.45) is 5.29. The van der Waals surface area contributed by atoms with Crippen LogP contribution >= 0.6 is 0 Å². The minimum atomic E-state index is -0.744. The molecule has 1 fully saturated rings. The molecular weight excluding hydrogens is 407 g/mol. The van der Waals surface area contributed by atoms with Gasteiger partial charge in [-0.05, 0) is 62.9 Å². The molecule has 0 saturated heterocycles. The van der Waals surface area contributed by atoms with Crippen molar-refractivity contribution in [3.05, 3.63) is 65.0 Å². The molecule has 1 aliphatic carbocycles. The molecule has 2 aromatic rings. The first-order valence-corrected chi connectivity index (χ1v) is 11.4. The van der Waals surface area contributed by atoms with Gasteiger partial charge in [-0.25, -0.2) is 4.39 Å². The summed E-state index contributed by atoms with van der Waals surface area (Å²) in [5.41, 5.74) is 2.44. The molecule has 0 unspecified atom stereocenters. The van der Waals surface area contributed by atoms with Gasteiger partial charge in [0.25, 0.3) is 5.91 Å². The minimum Gasteiger partial charge on any atom is -0.484 e. The number of hydrogen-bond donors (Lipinski definition) is 1. The summed E-state index contributed by atoms with van der Waals surface area (Å²) in [6, 6.07) is 11.5. The van der Waals surface area contributed by atoms with Crippen molar-refractivity contribution >= 4 is 11.8 Å². The van der Waals surface area contributed by atoms with Crippen molar-refractivity contribution in [2.45, 2.75) is 71.5 Å². The van der Waals surface area contributed by atoms with E-state index in [1.807, 2.05) is 32.0 Å². The largest absolute Gasteiger partial charge is 0.484 e. The van der Waals surface area contributed by atoms with Crippen LogP contribution in [0.15, 0.2) is 42.5 Å². The maximum atomic E-state index is 14.3. The van der Waals surface area contributed by atoms with E-state index < -0.39 is 11.9 Å². The van der Waals surface area contributed by atoms with Crippen LogP contribution in [-0.4, -0.2) is 35.4 Å². The van der Waals surface area contributed by atoms with Gasteiger partial charge < -0.3 is 15.0 Å². The zero-order valence-corrected chi connectivity index (χ0v) is 19.2. The molecule has 0 spiro atoms. The van der Waals surface area contributed by atoms with Gasteiger partial charge >= 0.3 is 0 Å². The highest BCUT2D eigenvalue weighted by Crippen LogP contribution is 2.20. The number of carbonyl (C=O) groups excluding carboxylic acids is 2. The molecule has 32 heavy (non-hydrogen) atoms. The van der Waals surface area contributed by atoms with E-state index >= 15 is 0 Å². The Balaban J connectivity index is 1.73. The zero-order chi connectivity index (χ0) is 23.1. The van der Waals surface area contributed by atoms with Gasteiger partial charge in [-0.3, -0.25) is 9.59 Å². The highest BCUT2D eigenvalue weighted by Gasteiger charge is 2.29. The molecule has 0 aromatic heterocycles. The Bertz CT molecular complexity index is 920. The molecule has 1 N–H and O–H groups in total. The van der Waals surface area contributed by atoms with E-state index in [9.17, 15) is 14.0 Å². The van der Waals surface area contributed by atoms with Crippen LogP contribution < -0.4 is 10.1 Å². The third kappa shape index (κ3) is 6.55. The smallest absolute Gasteiger partial charge is 0.261 e. The van der Waals surface area contributed by atoms with Gasteiger partial charge in [-0.1, -0.05) is 43.5 Å². The van der Waals surface area contributed by atoms with Crippen LogP contribution in [0, 0.1) is 19.7 Å². The first kappa shape index (κ1) is 23.8. The molecule has 3 rings (SSSR count). The predicted molar refractivity (Wildman–Crippen MR) is 123 cm³/mol. The molecule has 0 radical (unpaired) electrons. The molecule has 6 heteroatoms. The number of amides is 2. The van der Waals surface area contributed by atoms with Crippen LogP contribution in [0.3, 0.4) is 0 Å². The van der Waals surface area contributed by atoms with Crippen LogP contribution in [0.5, 0.6) is 5.75 Å². The van der Waals surface area contributed by atoms with Crippen LogP contribution in [0.4, 0.5) is 4.39 Å². The predicted octanol–water partition coefficient (Wildman–Crippen LogP) is 4.69. The second-order valence-corrected chi connectivity index (χ2v) is 8.74. The van der Waals surface area contributed by atoms with Crippen molar-refractivity contribution in [1.29, 1.82) is 0 Å². The molecule has 2 aromatic carbocycles. The third-order valence-electron chi connectivity index (χ3n) is 5.97. The summed E-state index contributed by atoms with van der Waals surface area (Å²) in [5, 5.41) is 3.08. The Kier molecular flexibility index (Phi) is 8.26.